The second kappa shape index (κ2) is 7.56. The van der Waals surface area contributed by atoms with E-state index >= 15 is 0 Å². The van der Waals surface area contributed by atoms with Crippen molar-refractivity contribution in [3.05, 3.63) is 38.3 Å². The summed E-state index contributed by atoms with van der Waals surface area (Å²) in [6.45, 7) is 0.600. The van der Waals surface area contributed by atoms with E-state index in [4.69, 9.17) is 0 Å². The van der Waals surface area contributed by atoms with Crippen molar-refractivity contribution in [1.29, 1.82) is 0 Å². The van der Waals surface area contributed by atoms with Gasteiger partial charge in [0.05, 0.1) is 10.3 Å². The van der Waals surface area contributed by atoms with Crippen molar-refractivity contribution in [3.8, 4) is 0 Å². The Balaban J connectivity index is 2.04. The van der Waals surface area contributed by atoms with Gasteiger partial charge in [-0.1, -0.05) is 0 Å². The van der Waals surface area contributed by atoms with Gasteiger partial charge in [0.25, 0.3) is 0 Å². The summed E-state index contributed by atoms with van der Waals surface area (Å²) < 4.78 is 41.1. The quantitative estimate of drug-likeness (QED) is 0.604. The molecule has 0 spiro atoms. The van der Waals surface area contributed by atoms with Crippen molar-refractivity contribution in [1.82, 2.24) is 20.0 Å². The molecule has 0 unspecified atom stereocenters. The fourth-order valence-electron chi connectivity index (χ4n) is 2.21. The van der Waals surface area contributed by atoms with Crippen LogP contribution in [0.25, 0.3) is 0 Å². The van der Waals surface area contributed by atoms with Crippen molar-refractivity contribution in [2.75, 3.05) is 14.1 Å². The van der Waals surface area contributed by atoms with E-state index in [0.29, 0.717) is 12.5 Å². The molecule has 0 aliphatic carbocycles. The van der Waals surface area contributed by atoms with Crippen LogP contribution >= 0.6 is 27.3 Å². The summed E-state index contributed by atoms with van der Waals surface area (Å²) >= 11 is 5.00. The summed E-state index contributed by atoms with van der Waals surface area (Å²) in [7, 11) is 4.89. The number of thiophene rings is 1. The van der Waals surface area contributed by atoms with E-state index in [9.17, 15) is 13.2 Å². The van der Waals surface area contributed by atoms with E-state index in [0.717, 1.165) is 13.3 Å². The molecule has 0 amide bonds. The van der Waals surface area contributed by atoms with Crippen LogP contribution in [0.15, 0.2) is 27.1 Å². The van der Waals surface area contributed by atoms with Crippen LogP contribution in [0.3, 0.4) is 0 Å². The summed E-state index contributed by atoms with van der Waals surface area (Å²) in [6.07, 6.45) is -3.11. The average molecular weight is 424 g/mol. The molecule has 2 rings (SSSR count). The fourth-order valence-corrected chi connectivity index (χ4v) is 3.75. The van der Waals surface area contributed by atoms with E-state index in [2.05, 4.69) is 31.3 Å². The Morgan fingerprint density at radius 1 is 1.46 bits per heavy atom. The Bertz CT molecular complexity index is 722. The molecule has 2 heterocycles. The van der Waals surface area contributed by atoms with Crippen LogP contribution < -0.4 is 5.32 Å². The Labute approximate surface area is 150 Å². The number of aryl methyl sites for hydroxylation is 1. The smallest absolute Gasteiger partial charge is 0.352 e. The molecule has 24 heavy (non-hydrogen) atoms. The standard InChI is InChI=1S/C14H17BrF3N5S/c1-19-13(22(2)8-10-4-5-11(15)24-10)20-6-9-7-23(3)21-12(9)14(16,17)18/h4-5,7H,6,8H2,1-3H3,(H,19,20). The molecular weight excluding hydrogens is 407 g/mol. The van der Waals surface area contributed by atoms with E-state index in [1.54, 1.807) is 18.4 Å². The van der Waals surface area contributed by atoms with Crippen LogP contribution in [0.2, 0.25) is 0 Å². The van der Waals surface area contributed by atoms with Crippen molar-refractivity contribution >= 4 is 33.2 Å². The van der Waals surface area contributed by atoms with Crippen LogP contribution in [-0.2, 0) is 26.3 Å². The molecule has 2 aromatic heterocycles. The predicted molar refractivity (Wildman–Crippen MR) is 91.9 cm³/mol. The van der Waals surface area contributed by atoms with Gasteiger partial charge in [-0.05, 0) is 28.1 Å². The Morgan fingerprint density at radius 3 is 2.71 bits per heavy atom. The number of aliphatic imine (C=N–C) groups is 1. The zero-order valence-electron chi connectivity index (χ0n) is 13.4. The molecule has 2 aromatic rings. The zero-order chi connectivity index (χ0) is 17.9. The first-order valence-corrected chi connectivity index (χ1v) is 8.57. The van der Waals surface area contributed by atoms with Gasteiger partial charge in [-0.2, -0.15) is 18.3 Å². The number of hydrogen-bond acceptors (Lipinski definition) is 3. The van der Waals surface area contributed by atoms with Gasteiger partial charge in [-0.15, -0.1) is 11.3 Å². The van der Waals surface area contributed by atoms with Crippen molar-refractivity contribution in [2.24, 2.45) is 12.0 Å². The van der Waals surface area contributed by atoms with Crippen LogP contribution in [-0.4, -0.2) is 34.7 Å². The highest BCUT2D eigenvalue weighted by atomic mass is 79.9. The molecule has 0 aliphatic heterocycles. The number of alkyl halides is 3. The maximum atomic E-state index is 13.0. The minimum absolute atomic E-state index is 0.00612. The Kier molecular flexibility index (Phi) is 5.92. The van der Waals surface area contributed by atoms with Gasteiger partial charge in [-0.3, -0.25) is 9.67 Å². The maximum absolute atomic E-state index is 13.0. The Morgan fingerprint density at radius 2 is 2.17 bits per heavy atom. The molecule has 0 aromatic carbocycles. The lowest BCUT2D eigenvalue weighted by Crippen LogP contribution is -2.38. The summed E-state index contributed by atoms with van der Waals surface area (Å²) in [5.74, 6) is 0.511. The monoisotopic (exact) mass is 423 g/mol. The molecule has 0 atom stereocenters. The van der Waals surface area contributed by atoms with Gasteiger partial charge in [0.15, 0.2) is 11.7 Å². The highest BCUT2D eigenvalue weighted by Gasteiger charge is 2.36. The van der Waals surface area contributed by atoms with E-state index in [1.165, 1.54) is 13.2 Å². The van der Waals surface area contributed by atoms with Gasteiger partial charge < -0.3 is 10.2 Å². The largest absolute Gasteiger partial charge is 0.435 e. The highest BCUT2D eigenvalue weighted by molar-refractivity contribution is 9.11. The SMILES string of the molecule is CN=C(NCc1cn(C)nc1C(F)(F)F)N(C)Cc1ccc(Br)s1. The molecule has 0 saturated heterocycles. The van der Waals surface area contributed by atoms with Crippen molar-refractivity contribution < 1.29 is 13.2 Å². The number of halogens is 4. The van der Waals surface area contributed by atoms with Gasteiger partial charge in [0, 0.05) is 44.3 Å². The normalized spacial score (nSPS) is 12.5. The van der Waals surface area contributed by atoms with Gasteiger partial charge >= 0.3 is 6.18 Å². The molecule has 0 saturated carbocycles. The first kappa shape index (κ1) is 18.8. The molecule has 0 radical (unpaired) electrons. The number of aromatic nitrogens is 2. The van der Waals surface area contributed by atoms with Gasteiger partial charge in [0.2, 0.25) is 0 Å². The van der Waals surface area contributed by atoms with Crippen LogP contribution in [0.1, 0.15) is 16.1 Å². The fraction of sp³-hybridized carbons (Fsp3) is 0.429. The summed E-state index contributed by atoms with van der Waals surface area (Å²) in [4.78, 5) is 7.09. The number of guanidine groups is 1. The second-order valence-corrected chi connectivity index (χ2v) is 7.68. The number of nitrogens with one attached hydrogen (secondary N) is 1. The topological polar surface area (TPSA) is 45.5 Å². The molecule has 0 bridgehead atoms. The third-order valence-electron chi connectivity index (χ3n) is 3.21. The summed E-state index contributed by atoms with van der Waals surface area (Å²) in [5.41, 5.74) is -0.795. The average Bonchev–Trinajstić information content (AvgIpc) is 3.05. The number of nitrogens with zero attached hydrogens (tertiary/aromatic N) is 4. The lowest BCUT2D eigenvalue weighted by Gasteiger charge is -2.21. The Hall–Kier alpha value is -1.55. The molecule has 132 valence electrons. The highest BCUT2D eigenvalue weighted by Crippen LogP contribution is 2.30. The molecule has 1 N–H and O–H groups in total. The molecule has 0 fully saturated rings. The predicted octanol–water partition coefficient (Wildman–Crippen LogP) is 3.47. The van der Waals surface area contributed by atoms with Crippen LogP contribution in [0, 0.1) is 0 Å². The van der Waals surface area contributed by atoms with E-state index in [1.807, 2.05) is 24.1 Å². The van der Waals surface area contributed by atoms with Gasteiger partial charge in [0.1, 0.15) is 0 Å². The van der Waals surface area contributed by atoms with E-state index in [-0.39, 0.29) is 12.1 Å². The first-order valence-electron chi connectivity index (χ1n) is 6.96. The minimum Gasteiger partial charge on any atom is -0.352 e. The lowest BCUT2D eigenvalue weighted by atomic mass is 10.2. The van der Waals surface area contributed by atoms with Crippen LogP contribution in [0.4, 0.5) is 13.2 Å². The first-order chi connectivity index (χ1) is 11.2. The van der Waals surface area contributed by atoms with Crippen molar-refractivity contribution in [3.63, 3.8) is 0 Å². The molecular formula is C14H17BrF3N5S. The maximum Gasteiger partial charge on any atom is 0.435 e. The summed E-state index contributed by atoms with van der Waals surface area (Å²) in [5, 5.41) is 6.45. The second-order valence-electron chi connectivity index (χ2n) is 5.14. The third kappa shape index (κ3) is 4.73. The molecule has 5 nitrogen and oxygen atoms in total. The lowest BCUT2D eigenvalue weighted by molar-refractivity contribution is -0.142. The third-order valence-corrected chi connectivity index (χ3v) is 4.81. The number of hydrogen-bond donors (Lipinski definition) is 1. The molecule has 10 heteroatoms. The minimum atomic E-state index is -4.48. The summed E-state index contributed by atoms with van der Waals surface area (Å²) in [6, 6.07) is 3.94. The van der Waals surface area contributed by atoms with Gasteiger partial charge in [-0.25, -0.2) is 0 Å². The zero-order valence-corrected chi connectivity index (χ0v) is 15.8. The van der Waals surface area contributed by atoms with Crippen LogP contribution in [0.5, 0.6) is 0 Å². The number of rotatable bonds is 4. The van der Waals surface area contributed by atoms with E-state index < -0.39 is 11.9 Å². The van der Waals surface area contributed by atoms with Crippen molar-refractivity contribution in [2.45, 2.75) is 19.3 Å². The molecule has 0 aliphatic rings.